The third-order valence-corrected chi connectivity index (χ3v) is 2.89. The summed E-state index contributed by atoms with van der Waals surface area (Å²) in [5.41, 5.74) is 1.22. The van der Waals surface area contributed by atoms with E-state index >= 15 is 0 Å². The van der Waals surface area contributed by atoms with Gasteiger partial charge in [-0.25, -0.2) is 0 Å². The third-order valence-electron chi connectivity index (χ3n) is 2.89. The Bertz CT molecular complexity index is 341. The van der Waals surface area contributed by atoms with Crippen molar-refractivity contribution in [1.82, 2.24) is 10.3 Å². The van der Waals surface area contributed by atoms with E-state index in [0.717, 1.165) is 32.2 Å². The van der Waals surface area contributed by atoms with Gasteiger partial charge in [-0.05, 0) is 37.1 Å². The molecule has 0 aliphatic rings. The van der Waals surface area contributed by atoms with Gasteiger partial charge in [0.05, 0.1) is 7.11 Å². The highest BCUT2D eigenvalue weighted by Gasteiger charge is 2.17. The highest BCUT2D eigenvalue weighted by Crippen LogP contribution is 2.03. The van der Waals surface area contributed by atoms with Crippen LogP contribution in [0.1, 0.15) is 31.7 Å². The van der Waals surface area contributed by atoms with Crippen LogP contribution in [0.15, 0.2) is 24.5 Å². The molecule has 1 aromatic heterocycles. The number of pyridine rings is 1. The maximum absolute atomic E-state index is 11.6. The lowest BCUT2D eigenvalue weighted by Crippen LogP contribution is -2.38. The van der Waals surface area contributed by atoms with Crippen molar-refractivity contribution in [3.8, 4) is 0 Å². The van der Waals surface area contributed by atoms with Crippen LogP contribution in [0.3, 0.4) is 0 Å². The molecule has 4 heteroatoms. The summed E-state index contributed by atoms with van der Waals surface area (Å²) in [6.45, 7) is 2.89. The van der Waals surface area contributed by atoms with Crippen LogP contribution < -0.4 is 5.32 Å². The minimum absolute atomic E-state index is 0.168. The van der Waals surface area contributed by atoms with Crippen LogP contribution in [0.5, 0.6) is 0 Å². The van der Waals surface area contributed by atoms with Crippen molar-refractivity contribution >= 4 is 5.97 Å². The first kappa shape index (κ1) is 14.6. The molecular weight excluding hydrogens is 228 g/mol. The number of methoxy groups -OCH3 is 1. The Balaban J connectivity index is 2.35. The van der Waals surface area contributed by atoms with Crippen LogP contribution in [0.4, 0.5) is 0 Å². The maximum atomic E-state index is 11.6. The number of unbranched alkanes of at least 4 members (excludes halogenated alkanes) is 1. The molecule has 0 radical (unpaired) electrons. The van der Waals surface area contributed by atoms with E-state index in [1.165, 1.54) is 12.7 Å². The van der Waals surface area contributed by atoms with Gasteiger partial charge in [0.15, 0.2) is 0 Å². The summed E-state index contributed by atoms with van der Waals surface area (Å²) in [6.07, 6.45) is 7.40. The molecule has 0 saturated carbocycles. The number of rotatable bonds is 8. The zero-order valence-corrected chi connectivity index (χ0v) is 11.2. The molecule has 18 heavy (non-hydrogen) atoms. The summed E-state index contributed by atoms with van der Waals surface area (Å²) in [4.78, 5) is 15.5. The third kappa shape index (κ3) is 5.27. The average Bonchev–Trinajstić information content (AvgIpc) is 2.43. The van der Waals surface area contributed by atoms with E-state index in [0.29, 0.717) is 0 Å². The van der Waals surface area contributed by atoms with E-state index in [-0.39, 0.29) is 12.0 Å². The minimum atomic E-state index is -0.184. The van der Waals surface area contributed by atoms with E-state index in [2.05, 4.69) is 17.2 Å². The number of nitrogens with zero attached hydrogens (tertiary/aromatic N) is 1. The van der Waals surface area contributed by atoms with Gasteiger partial charge in [0, 0.05) is 12.4 Å². The van der Waals surface area contributed by atoms with Gasteiger partial charge in [0.2, 0.25) is 0 Å². The molecule has 1 unspecified atom stereocenters. The van der Waals surface area contributed by atoms with Crippen molar-refractivity contribution in [3.05, 3.63) is 30.1 Å². The summed E-state index contributed by atoms with van der Waals surface area (Å²) >= 11 is 0. The predicted octanol–water partition coefficient (Wildman–Crippen LogP) is 1.95. The Morgan fingerprint density at radius 3 is 2.78 bits per heavy atom. The standard InChI is InChI=1S/C14H22N2O2/c1-3-4-5-13(14(17)18-2)16-11-8-12-6-9-15-10-7-12/h6-7,9-10,13,16H,3-5,8,11H2,1-2H3. The van der Waals surface area contributed by atoms with Crippen molar-refractivity contribution in [2.45, 2.75) is 38.6 Å². The summed E-state index contributed by atoms with van der Waals surface area (Å²) in [5.74, 6) is -0.168. The highest BCUT2D eigenvalue weighted by atomic mass is 16.5. The monoisotopic (exact) mass is 250 g/mol. The first-order chi connectivity index (χ1) is 8.77. The number of hydrogen-bond acceptors (Lipinski definition) is 4. The average molecular weight is 250 g/mol. The summed E-state index contributed by atoms with van der Waals surface area (Å²) in [5, 5.41) is 3.26. The molecule has 0 bridgehead atoms. The van der Waals surface area contributed by atoms with E-state index in [4.69, 9.17) is 4.74 Å². The maximum Gasteiger partial charge on any atom is 0.322 e. The lowest BCUT2D eigenvalue weighted by Gasteiger charge is -2.16. The molecule has 0 aliphatic carbocycles. The summed E-state index contributed by atoms with van der Waals surface area (Å²) in [6, 6.07) is 3.79. The number of aromatic nitrogens is 1. The molecule has 0 amide bonds. The number of hydrogen-bond donors (Lipinski definition) is 1. The van der Waals surface area contributed by atoms with E-state index < -0.39 is 0 Å². The molecule has 4 nitrogen and oxygen atoms in total. The Hall–Kier alpha value is -1.42. The Kier molecular flexibility index (Phi) is 7.03. The first-order valence-electron chi connectivity index (χ1n) is 6.48. The second kappa shape index (κ2) is 8.64. The second-order valence-electron chi connectivity index (χ2n) is 4.28. The quantitative estimate of drug-likeness (QED) is 0.716. The number of nitrogens with one attached hydrogen (secondary N) is 1. The van der Waals surface area contributed by atoms with Crippen LogP contribution in [0, 0.1) is 0 Å². The van der Waals surface area contributed by atoms with Gasteiger partial charge >= 0.3 is 5.97 Å². The van der Waals surface area contributed by atoms with Gasteiger partial charge < -0.3 is 10.1 Å². The van der Waals surface area contributed by atoms with Gasteiger partial charge in [-0.15, -0.1) is 0 Å². The Labute approximate surface area is 109 Å². The lowest BCUT2D eigenvalue weighted by molar-refractivity contribution is -0.143. The fourth-order valence-corrected chi connectivity index (χ4v) is 1.79. The van der Waals surface area contributed by atoms with Gasteiger partial charge in [-0.3, -0.25) is 9.78 Å². The van der Waals surface area contributed by atoms with Crippen LogP contribution in [-0.2, 0) is 16.0 Å². The highest BCUT2D eigenvalue weighted by molar-refractivity contribution is 5.75. The van der Waals surface area contributed by atoms with E-state index in [1.54, 1.807) is 12.4 Å². The Morgan fingerprint density at radius 2 is 2.17 bits per heavy atom. The van der Waals surface area contributed by atoms with Crippen molar-refractivity contribution in [1.29, 1.82) is 0 Å². The molecule has 1 heterocycles. The van der Waals surface area contributed by atoms with E-state index in [1.807, 2.05) is 12.1 Å². The van der Waals surface area contributed by atoms with Gasteiger partial charge in [0.1, 0.15) is 6.04 Å². The largest absolute Gasteiger partial charge is 0.468 e. The summed E-state index contributed by atoms with van der Waals surface area (Å²) in [7, 11) is 1.44. The molecule has 0 fully saturated rings. The first-order valence-corrected chi connectivity index (χ1v) is 6.48. The van der Waals surface area contributed by atoms with Crippen molar-refractivity contribution in [2.75, 3.05) is 13.7 Å². The molecule has 1 rings (SSSR count). The SMILES string of the molecule is CCCCC(NCCc1ccncc1)C(=O)OC. The second-order valence-corrected chi connectivity index (χ2v) is 4.28. The summed E-state index contributed by atoms with van der Waals surface area (Å²) < 4.78 is 4.80. The predicted molar refractivity (Wildman–Crippen MR) is 71.3 cm³/mol. The fourth-order valence-electron chi connectivity index (χ4n) is 1.79. The molecule has 1 N–H and O–H groups in total. The number of carbonyl (C=O) groups excluding carboxylic acids is 1. The zero-order valence-electron chi connectivity index (χ0n) is 11.2. The number of ether oxygens (including phenoxy) is 1. The molecule has 1 atom stereocenters. The van der Waals surface area contributed by atoms with Gasteiger partial charge in [-0.1, -0.05) is 19.8 Å². The molecular formula is C14H22N2O2. The normalized spacial score (nSPS) is 12.1. The van der Waals surface area contributed by atoms with Crippen molar-refractivity contribution in [2.24, 2.45) is 0 Å². The van der Waals surface area contributed by atoms with Crippen molar-refractivity contribution in [3.63, 3.8) is 0 Å². The topological polar surface area (TPSA) is 51.2 Å². The Morgan fingerprint density at radius 1 is 1.44 bits per heavy atom. The van der Waals surface area contributed by atoms with Gasteiger partial charge in [-0.2, -0.15) is 0 Å². The van der Waals surface area contributed by atoms with Gasteiger partial charge in [0.25, 0.3) is 0 Å². The van der Waals surface area contributed by atoms with Crippen LogP contribution in [0.25, 0.3) is 0 Å². The van der Waals surface area contributed by atoms with Crippen LogP contribution in [0.2, 0.25) is 0 Å². The number of carbonyl (C=O) groups is 1. The zero-order chi connectivity index (χ0) is 13.2. The van der Waals surface area contributed by atoms with Crippen LogP contribution in [-0.4, -0.2) is 30.6 Å². The molecule has 0 aliphatic heterocycles. The molecule has 0 aromatic carbocycles. The van der Waals surface area contributed by atoms with Crippen LogP contribution >= 0.6 is 0 Å². The molecule has 1 aromatic rings. The molecule has 100 valence electrons. The minimum Gasteiger partial charge on any atom is -0.468 e. The lowest BCUT2D eigenvalue weighted by atomic mass is 10.1. The number of esters is 1. The smallest absolute Gasteiger partial charge is 0.322 e. The fraction of sp³-hybridized carbons (Fsp3) is 0.571. The molecule has 0 saturated heterocycles. The van der Waals surface area contributed by atoms with E-state index in [9.17, 15) is 4.79 Å². The molecule has 0 spiro atoms. The van der Waals surface area contributed by atoms with Crippen molar-refractivity contribution < 1.29 is 9.53 Å².